The second-order valence-electron chi connectivity index (χ2n) is 3.51. The van der Waals surface area contributed by atoms with Crippen LogP contribution in [-0.4, -0.2) is 28.6 Å². The molecule has 0 unspecified atom stereocenters. The van der Waals surface area contributed by atoms with E-state index in [2.05, 4.69) is 19.7 Å². The number of anilines is 1. The van der Waals surface area contributed by atoms with Gasteiger partial charge in [-0.1, -0.05) is 0 Å². The van der Waals surface area contributed by atoms with Crippen LogP contribution in [0.15, 0.2) is 18.3 Å². The summed E-state index contributed by atoms with van der Waals surface area (Å²) >= 11 is 1.32. The molecule has 2 aromatic heterocycles. The summed E-state index contributed by atoms with van der Waals surface area (Å²) in [6, 6.07) is 3.80. The maximum absolute atomic E-state index is 5.06. The van der Waals surface area contributed by atoms with Crippen LogP contribution in [0, 0.1) is 0 Å². The van der Waals surface area contributed by atoms with E-state index in [1.807, 2.05) is 12.1 Å². The number of hydrogen-bond acceptors (Lipinski definition) is 7. The predicted octanol–water partition coefficient (Wildman–Crippen LogP) is 1.70. The number of rotatable bonds is 6. The molecule has 1 N–H and O–H groups in total. The highest BCUT2D eigenvalue weighted by Crippen LogP contribution is 2.14. The third-order valence-corrected chi connectivity index (χ3v) is 2.90. The highest BCUT2D eigenvalue weighted by Gasteiger charge is 2.03. The summed E-state index contributed by atoms with van der Waals surface area (Å²) in [6.07, 6.45) is 1.71. The summed E-state index contributed by atoms with van der Waals surface area (Å²) in [7, 11) is 3.22. The molecule has 0 saturated carbocycles. The van der Waals surface area contributed by atoms with Crippen molar-refractivity contribution in [2.45, 2.75) is 13.2 Å². The summed E-state index contributed by atoms with van der Waals surface area (Å²) in [5.74, 6) is 1.30. The number of ether oxygens (including phenoxy) is 2. The number of aromatic nitrogens is 3. The average molecular weight is 266 g/mol. The predicted molar refractivity (Wildman–Crippen MR) is 68.7 cm³/mol. The first kappa shape index (κ1) is 12.7. The maximum Gasteiger partial charge on any atom is 0.213 e. The number of methoxy groups -OCH3 is 2. The normalized spacial score (nSPS) is 10.3. The van der Waals surface area contributed by atoms with Crippen LogP contribution < -0.4 is 10.1 Å². The molecule has 7 heteroatoms. The molecule has 2 heterocycles. The van der Waals surface area contributed by atoms with Gasteiger partial charge < -0.3 is 14.8 Å². The van der Waals surface area contributed by atoms with Crippen LogP contribution in [0.2, 0.25) is 0 Å². The van der Waals surface area contributed by atoms with Crippen LogP contribution in [0.1, 0.15) is 11.4 Å². The Kier molecular flexibility index (Phi) is 4.43. The molecule has 0 bridgehead atoms. The lowest BCUT2D eigenvalue weighted by Gasteiger charge is -2.04. The van der Waals surface area contributed by atoms with Crippen molar-refractivity contribution in [3.8, 4) is 5.88 Å². The van der Waals surface area contributed by atoms with Crippen LogP contribution in [0.4, 0.5) is 5.13 Å². The van der Waals surface area contributed by atoms with Gasteiger partial charge in [-0.2, -0.15) is 4.37 Å². The van der Waals surface area contributed by atoms with Gasteiger partial charge in [0.15, 0.2) is 5.82 Å². The van der Waals surface area contributed by atoms with Crippen molar-refractivity contribution in [3.05, 3.63) is 29.7 Å². The van der Waals surface area contributed by atoms with E-state index >= 15 is 0 Å². The molecule has 2 aromatic rings. The van der Waals surface area contributed by atoms with Crippen LogP contribution >= 0.6 is 11.5 Å². The Labute approximate surface area is 109 Å². The third-order valence-electron chi connectivity index (χ3n) is 2.19. The van der Waals surface area contributed by atoms with Crippen molar-refractivity contribution < 1.29 is 9.47 Å². The summed E-state index contributed by atoms with van der Waals surface area (Å²) in [6.45, 7) is 1.09. The van der Waals surface area contributed by atoms with E-state index in [9.17, 15) is 0 Å². The molecule has 0 aliphatic rings. The van der Waals surface area contributed by atoms with Crippen molar-refractivity contribution in [2.24, 2.45) is 0 Å². The molecule has 0 saturated heterocycles. The maximum atomic E-state index is 5.06. The molecule has 0 radical (unpaired) electrons. The van der Waals surface area contributed by atoms with Crippen molar-refractivity contribution >= 4 is 16.7 Å². The summed E-state index contributed by atoms with van der Waals surface area (Å²) in [5.41, 5.74) is 1.07. The first-order valence-electron chi connectivity index (χ1n) is 5.36. The minimum atomic E-state index is 0.432. The highest BCUT2D eigenvalue weighted by atomic mass is 32.1. The number of nitrogens with one attached hydrogen (secondary N) is 1. The van der Waals surface area contributed by atoms with Gasteiger partial charge in [-0.05, 0) is 11.6 Å². The van der Waals surface area contributed by atoms with Gasteiger partial charge in [0.2, 0.25) is 11.0 Å². The van der Waals surface area contributed by atoms with E-state index in [0.717, 1.165) is 10.7 Å². The Morgan fingerprint density at radius 1 is 1.39 bits per heavy atom. The van der Waals surface area contributed by atoms with E-state index in [1.165, 1.54) is 11.5 Å². The van der Waals surface area contributed by atoms with Crippen molar-refractivity contribution in [3.63, 3.8) is 0 Å². The summed E-state index contributed by atoms with van der Waals surface area (Å²) in [5, 5.41) is 3.97. The first-order chi connectivity index (χ1) is 8.81. The number of pyridine rings is 1. The Morgan fingerprint density at radius 3 is 3.06 bits per heavy atom. The van der Waals surface area contributed by atoms with Gasteiger partial charge in [-0.25, -0.2) is 9.97 Å². The molecule has 2 rings (SSSR count). The molecular weight excluding hydrogens is 252 g/mol. The van der Waals surface area contributed by atoms with E-state index < -0.39 is 0 Å². The van der Waals surface area contributed by atoms with Gasteiger partial charge in [0.05, 0.1) is 7.11 Å². The fourth-order valence-corrected chi connectivity index (χ4v) is 1.93. The van der Waals surface area contributed by atoms with Gasteiger partial charge >= 0.3 is 0 Å². The molecular formula is C11H14N4O2S. The monoisotopic (exact) mass is 266 g/mol. The molecule has 18 heavy (non-hydrogen) atoms. The Bertz CT molecular complexity index is 503. The minimum absolute atomic E-state index is 0.432. The number of nitrogens with zero attached hydrogens (tertiary/aromatic N) is 3. The zero-order valence-corrected chi connectivity index (χ0v) is 11.0. The lowest BCUT2D eigenvalue weighted by atomic mass is 10.3. The Hall–Kier alpha value is -1.73. The van der Waals surface area contributed by atoms with E-state index in [4.69, 9.17) is 9.47 Å². The standard InChI is InChI=1S/C11H14N4O2S/c1-16-7-9-14-11(18-15-9)13-6-8-3-4-12-10(5-8)17-2/h3-5H,6-7H2,1-2H3,(H,13,14,15). The SMILES string of the molecule is COCc1nsc(NCc2ccnc(OC)c2)n1. The second-order valence-corrected chi connectivity index (χ2v) is 4.26. The molecule has 0 aromatic carbocycles. The van der Waals surface area contributed by atoms with E-state index in [0.29, 0.717) is 24.9 Å². The van der Waals surface area contributed by atoms with Crippen LogP contribution in [-0.2, 0) is 17.9 Å². The van der Waals surface area contributed by atoms with Crippen LogP contribution in [0.5, 0.6) is 5.88 Å². The average Bonchev–Trinajstić information content (AvgIpc) is 2.85. The fraction of sp³-hybridized carbons (Fsp3) is 0.364. The molecule has 0 aliphatic carbocycles. The highest BCUT2D eigenvalue weighted by molar-refractivity contribution is 7.09. The molecule has 6 nitrogen and oxygen atoms in total. The topological polar surface area (TPSA) is 69.2 Å². The summed E-state index contributed by atoms with van der Waals surface area (Å²) in [4.78, 5) is 8.33. The Balaban J connectivity index is 1.93. The van der Waals surface area contributed by atoms with Gasteiger partial charge in [-0.15, -0.1) is 0 Å². The summed E-state index contributed by atoms with van der Waals surface area (Å²) < 4.78 is 14.2. The largest absolute Gasteiger partial charge is 0.481 e. The van der Waals surface area contributed by atoms with Crippen LogP contribution in [0.3, 0.4) is 0 Å². The second kappa shape index (κ2) is 6.27. The fourth-order valence-electron chi connectivity index (χ4n) is 1.36. The van der Waals surface area contributed by atoms with E-state index in [-0.39, 0.29) is 0 Å². The third kappa shape index (κ3) is 3.38. The molecule has 0 spiro atoms. The smallest absolute Gasteiger partial charge is 0.213 e. The van der Waals surface area contributed by atoms with Gasteiger partial charge in [0, 0.05) is 37.5 Å². The molecule has 0 atom stereocenters. The Morgan fingerprint density at radius 2 is 2.28 bits per heavy atom. The quantitative estimate of drug-likeness (QED) is 0.858. The first-order valence-corrected chi connectivity index (χ1v) is 6.13. The van der Waals surface area contributed by atoms with Crippen molar-refractivity contribution in [2.75, 3.05) is 19.5 Å². The van der Waals surface area contributed by atoms with Gasteiger partial charge in [-0.3, -0.25) is 0 Å². The zero-order valence-electron chi connectivity index (χ0n) is 10.2. The lowest BCUT2D eigenvalue weighted by molar-refractivity contribution is 0.179. The van der Waals surface area contributed by atoms with Crippen molar-refractivity contribution in [1.82, 2.24) is 14.3 Å². The minimum Gasteiger partial charge on any atom is -0.481 e. The zero-order chi connectivity index (χ0) is 12.8. The van der Waals surface area contributed by atoms with E-state index in [1.54, 1.807) is 20.4 Å². The van der Waals surface area contributed by atoms with Gasteiger partial charge in [0.25, 0.3) is 0 Å². The van der Waals surface area contributed by atoms with Gasteiger partial charge in [0.1, 0.15) is 6.61 Å². The van der Waals surface area contributed by atoms with Crippen LogP contribution in [0.25, 0.3) is 0 Å². The lowest BCUT2D eigenvalue weighted by Crippen LogP contribution is -2.00. The number of hydrogen-bond donors (Lipinski definition) is 1. The molecule has 96 valence electrons. The van der Waals surface area contributed by atoms with Crippen molar-refractivity contribution in [1.29, 1.82) is 0 Å². The molecule has 0 aliphatic heterocycles. The molecule has 0 fully saturated rings. The molecule has 0 amide bonds.